The van der Waals surface area contributed by atoms with Gasteiger partial charge in [-0.3, -0.25) is 4.31 Å². The van der Waals surface area contributed by atoms with Crippen molar-refractivity contribution < 1.29 is 13.5 Å². The summed E-state index contributed by atoms with van der Waals surface area (Å²) >= 11 is 0. The molecular weight excluding hydrogens is 394 g/mol. The van der Waals surface area contributed by atoms with Crippen LogP contribution < -0.4 is 0 Å². The van der Waals surface area contributed by atoms with Crippen LogP contribution in [-0.4, -0.2) is 24.4 Å². The van der Waals surface area contributed by atoms with E-state index >= 15 is 0 Å². The van der Waals surface area contributed by atoms with Crippen molar-refractivity contribution in [2.75, 3.05) is 6.61 Å². The van der Waals surface area contributed by atoms with E-state index in [1.807, 2.05) is 73.7 Å². The van der Waals surface area contributed by atoms with Gasteiger partial charge in [0.15, 0.2) is 0 Å². The van der Waals surface area contributed by atoms with Crippen molar-refractivity contribution >= 4 is 10.0 Å². The fourth-order valence-electron chi connectivity index (χ4n) is 3.21. The van der Waals surface area contributed by atoms with E-state index in [4.69, 9.17) is 0 Å². The molecule has 1 unspecified atom stereocenters. The Morgan fingerprint density at radius 2 is 1.50 bits per heavy atom. The Morgan fingerprint density at radius 1 is 0.900 bits per heavy atom. The quantitative estimate of drug-likeness (QED) is 0.536. The maximum Gasteiger partial charge on any atom is 0.264 e. The minimum absolute atomic E-state index is 0.00223. The van der Waals surface area contributed by atoms with Crippen molar-refractivity contribution in [3.8, 4) is 0 Å². The Labute approximate surface area is 179 Å². The smallest absolute Gasteiger partial charge is 0.264 e. The molecule has 156 valence electrons. The average molecular weight is 422 g/mol. The van der Waals surface area contributed by atoms with Gasteiger partial charge in [-0.25, -0.2) is 8.42 Å². The van der Waals surface area contributed by atoms with Gasteiger partial charge < -0.3 is 5.11 Å². The fourth-order valence-corrected chi connectivity index (χ4v) is 4.53. The molecule has 0 saturated heterocycles. The van der Waals surface area contributed by atoms with Gasteiger partial charge in [-0.15, -0.1) is 0 Å². The molecule has 0 heterocycles. The second kappa shape index (κ2) is 10.2. The number of nitrogens with zero attached hydrogens (tertiary/aromatic N) is 1. The summed E-state index contributed by atoms with van der Waals surface area (Å²) in [5.41, 5.74) is 2.94. The summed E-state index contributed by atoms with van der Waals surface area (Å²) in [5, 5.41) is 9.78. The van der Waals surface area contributed by atoms with Crippen molar-refractivity contribution in [1.29, 1.82) is 0 Å². The topological polar surface area (TPSA) is 57.6 Å². The molecule has 0 aromatic heterocycles. The van der Waals surface area contributed by atoms with Crippen LogP contribution in [0.1, 0.15) is 29.0 Å². The van der Waals surface area contributed by atoms with Crippen molar-refractivity contribution in [2.45, 2.75) is 30.7 Å². The van der Waals surface area contributed by atoms with Gasteiger partial charge in [-0.1, -0.05) is 84.4 Å². The van der Waals surface area contributed by atoms with Crippen molar-refractivity contribution in [3.05, 3.63) is 114 Å². The molecule has 3 aromatic rings. The van der Waals surface area contributed by atoms with Crippen LogP contribution in [0.4, 0.5) is 0 Å². The molecule has 0 aliphatic carbocycles. The van der Waals surface area contributed by atoms with E-state index in [-0.39, 0.29) is 24.0 Å². The van der Waals surface area contributed by atoms with Gasteiger partial charge in [0.25, 0.3) is 10.0 Å². The van der Waals surface area contributed by atoms with Gasteiger partial charge >= 0.3 is 0 Å². The van der Waals surface area contributed by atoms with E-state index < -0.39 is 10.0 Å². The normalized spacial score (nSPS) is 12.7. The average Bonchev–Trinajstić information content (AvgIpc) is 2.77. The molecule has 0 fully saturated rings. The number of aliphatic hydroxyl groups excluding tert-OH is 1. The highest BCUT2D eigenvalue weighted by Gasteiger charge is 2.21. The number of benzene rings is 3. The van der Waals surface area contributed by atoms with Gasteiger partial charge in [-0.2, -0.15) is 0 Å². The fraction of sp³-hybridized carbons (Fsp3) is 0.200. The summed E-state index contributed by atoms with van der Waals surface area (Å²) < 4.78 is 27.9. The molecule has 0 aliphatic heterocycles. The lowest BCUT2D eigenvalue weighted by Crippen LogP contribution is -2.25. The van der Waals surface area contributed by atoms with Crippen LogP contribution in [0.15, 0.2) is 102 Å². The summed E-state index contributed by atoms with van der Waals surface area (Å²) in [6.45, 7) is 2.16. The summed E-state index contributed by atoms with van der Waals surface area (Å²) in [5.74, 6) is -0.0805. The van der Waals surface area contributed by atoms with Gasteiger partial charge in [-0.05, 0) is 36.6 Å². The van der Waals surface area contributed by atoms with Crippen LogP contribution in [0, 0.1) is 6.92 Å². The number of allylic oxidation sites excluding steroid dienone is 1. The minimum Gasteiger partial charge on any atom is -0.396 e. The molecule has 0 spiro atoms. The molecule has 3 rings (SSSR count). The Morgan fingerprint density at radius 3 is 2.10 bits per heavy atom. The van der Waals surface area contributed by atoms with Crippen molar-refractivity contribution in [2.24, 2.45) is 0 Å². The van der Waals surface area contributed by atoms with E-state index in [1.165, 1.54) is 4.31 Å². The number of aryl methyl sites for hydroxylation is 1. The lowest BCUT2D eigenvalue weighted by molar-refractivity contribution is 0.265. The molecule has 0 radical (unpaired) electrons. The third-order valence-corrected chi connectivity index (χ3v) is 6.73. The van der Waals surface area contributed by atoms with Gasteiger partial charge in [0, 0.05) is 12.1 Å². The lowest BCUT2D eigenvalue weighted by Gasteiger charge is -2.21. The summed E-state index contributed by atoms with van der Waals surface area (Å²) in [4.78, 5) is 0.260. The molecule has 0 amide bonds. The maximum absolute atomic E-state index is 13.3. The van der Waals surface area contributed by atoms with Crippen molar-refractivity contribution in [1.82, 2.24) is 4.31 Å². The van der Waals surface area contributed by atoms with Gasteiger partial charge in [0.1, 0.15) is 0 Å². The third kappa shape index (κ3) is 5.59. The monoisotopic (exact) mass is 421 g/mol. The Bertz CT molecular complexity index is 1050. The van der Waals surface area contributed by atoms with Gasteiger partial charge in [0.05, 0.1) is 18.0 Å². The SMILES string of the molecule is Cc1ccc(S(=O)(=O)N(/C=C/CC(CO)c2ccccc2)Cc2ccccc2)cc1. The zero-order chi connectivity index (χ0) is 21.4. The first-order chi connectivity index (χ1) is 14.5. The van der Waals surface area contributed by atoms with Crippen LogP contribution in [0.25, 0.3) is 0 Å². The molecular formula is C25H27NO3S. The third-order valence-electron chi connectivity index (χ3n) is 4.99. The first kappa shape index (κ1) is 21.8. The minimum atomic E-state index is -3.70. The summed E-state index contributed by atoms with van der Waals surface area (Å²) in [6, 6.07) is 26.1. The van der Waals surface area contributed by atoms with Gasteiger partial charge in [0.2, 0.25) is 0 Å². The van der Waals surface area contributed by atoms with Crippen LogP contribution in [-0.2, 0) is 16.6 Å². The second-order valence-electron chi connectivity index (χ2n) is 7.26. The number of hydrogen-bond donors (Lipinski definition) is 1. The molecule has 1 atom stereocenters. The van der Waals surface area contributed by atoms with Crippen molar-refractivity contribution in [3.63, 3.8) is 0 Å². The van der Waals surface area contributed by atoms with E-state index in [9.17, 15) is 13.5 Å². The predicted octanol–water partition coefficient (Wildman–Crippen LogP) is 4.87. The molecule has 5 heteroatoms. The molecule has 4 nitrogen and oxygen atoms in total. The molecule has 3 aromatic carbocycles. The van der Waals surface area contributed by atoms with Crippen LogP contribution in [0.5, 0.6) is 0 Å². The van der Waals surface area contributed by atoms with Crippen LogP contribution in [0.2, 0.25) is 0 Å². The molecule has 0 aliphatic rings. The molecule has 1 N–H and O–H groups in total. The standard InChI is InChI=1S/C25H27NO3S/c1-21-14-16-25(17-15-21)30(28,29)26(19-22-9-4-2-5-10-22)18-8-13-24(20-27)23-11-6-3-7-12-23/h2-12,14-18,24,27H,13,19-20H2,1H3/b18-8+. The van der Waals surface area contributed by atoms with E-state index in [2.05, 4.69) is 0 Å². The summed E-state index contributed by atoms with van der Waals surface area (Å²) in [6.07, 6.45) is 3.98. The first-order valence-electron chi connectivity index (χ1n) is 9.95. The zero-order valence-corrected chi connectivity index (χ0v) is 17.9. The number of aliphatic hydroxyl groups is 1. The lowest BCUT2D eigenvalue weighted by atomic mass is 9.97. The van der Waals surface area contributed by atoms with E-state index in [0.29, 0.717) is 6.42 Å². The summed E-state index contributed by atoms with van der Waals surface area (Å²) in [7, 11) is -3.70. The van der Waals surface area contributed by atoms with Crippen LogP contribution >= 0.6 is 0 Å². The number of rotatable bonds is 9. The highest BCUT2D eigenvalue weighted by Crippen LogP contribution is 2.22. The Balaban J connectivity index is 1.85. The number of hydrogen-bond acceptors (Lipinski definition) is 3. The predicted molar refractivity (Wildman–Crippen MR) is 120 cm³/mol. The molecule has 0 saturated carbocycles. The van der Waals surface area contributed by atoms with E-state index in [0.717, 1.165) is 16.7 Å². The molecule has 0 bridgehead atoms. The highest BCUT2D eigenvalue weighted by atomic mass is 32.2. The Hall–Kier alpha value is -2.89. The largest absolute Gasteiger partial charge is 0.396 e. The maximum atomic E-state index is 13.3. The Kier molecular flexibility index (Phi) is 7.44. The first-order valence-corrected chi connectivity index (χ1v) is 11.4. The molecule has 30 heavy (non-hydrogen) atoms. The zero-order valence-electron chi connectivity index (χ0n) is 17.1. The highest BCUT2D eigenvalue weighted by molar-refractivity contribution is 7.89. The number of sulfonamides is 1. The van der Waals surface area contributed by atoms with E-state index in [1.54, 1.807) is 30.5 Å². The second-order valence-corrected chi connectivity index (χ2v) is 9.15. The van der Waals surface area contributed by atoms with Crippen LogP contribution in [0.3, 0.4) is 0 Å².